The molecule has 0 radical (unpaired) electrons. The summed E-state index contributed by atoms with van der Waals surface area (Å²) in [5, 5.41) is 19.9. The van der Waals surface area contributed by atoms with Gasteiger partial charge in [-0.2, -0.15) is 0 Å². The van der Waals surface area contributed by atoms with Crippen LogP contribution >= 0.6 is 0 Å². The van der Waals surface area contributed by atoms with E-state index in [0.717, 1.165) is 51.7 Å². The van der Waals surface area contributed by atoms with Gasteiger partial charge in [-0.15, -0.1) is 0 Å². The Morgan fingerprint density at radius 1 is 1.06 bits per heavy atom. The van der Waals surface area contributed by atoms with E-state index in [4.69, 9.17) is 9.47 Å². The molecule has 8 rings (SSSR count). The first-order chi connectivity index (χ1) is 32.0. The molecule has 5 atom stereocenters. The SMILES string of the molecule is CCn1c(-c2cnccc2COC)c2c3cc(ccc31)-c1cc(O)cc(c1)C[C@H](NC(=O)[C@H](C(C)C)N(C)C(=O)CN(C)C(=O)[C@@H]1N[C@@H]1C1CC1)C(=O)N1CCC[C@H](N1)C(=O)OCC(C)(C)C2. The number of esters is 1. The summed E-state index contributed by atoms with van der Waals surface area (Å²) in [5.41, 5.74) is 9.72. The van der Waals surface area contributed by atoms with Gasteiger partial charge in [0.1, 0.15) is 29.9 Å². The molecule has 2 aromatic carbocycles. The van der Waals surface area contributed by atoms with Crippen LogP contribution in [0.15, 0.2) is 54.9 Å². The number of hydrogen-bond acceptors (Lipinski definition) is 11. The number of likely N-dealkylation sites (N-methyl/N-ethyl adjacent to an activating group) is 2. The fourth-order valence-corrected chi connectivity index (χ4v) is 10.1. The number of aryl methyl sites for hydroxylation is 1. The van der Waals surface area contributed by atoms with Crippen LogP contribution in [0.5, 0.6) is 5.75 Å². The van der Waals surface area contributed by atoms with E-state index >= 15 is 0 Å². The molecule has 358 valence electrons. The van der Waals surface area contributed by atoms with Crippen molar-refractivity contribution in [1.82, 2.24) is 40.4 Å². The van der Waals surface area contributed by atoms with E-state index in [0.29, 0.717) is 49.5 Å². The molecule has 4 aromatic rings. The Bertz CT molecular complexity index is 2550. The Kier molecular flexibility index (Phi) is 13.8. The molecule has 4 amide bonds. The molecule has 1 aliphatic carbocycles. The summed E-state index contributed by atoms with van der Waals surface area (Å²) in [6.07, 6.45) is 7.31. The summed E-state index contributed by atoms with van der Waals surface area (Å²) in [5.74, 6) is -1.95. The zero-order chi connectivity index (χ0) is 47.9. The molecule has 2 saturated heterocycles. The van der Waals surface area contributed by atoms with E-state index in [-0.39, 0.29) is 55.8 Å². The van der Waals surface area contributed by atoms with Crippen LogP contribution in [0.25, 0.3) is 33.3 Å². The third kappa shape index (κ3) is 10.2. The van der Waals surface area contributed by atoms with Gasteiger partial charge in [-0.25, -0.2) is 5.43 Å². The Labute approximate surface area is 392 Å². The number of nitrogens with zero attached hydrogens (tertiary/aromatic N) is 5. The minimum Gasteiger partial charge on any atom is -0.508 e. The topological polar surface area (TPSA) is 198 Å². The minimum absolute atomic E-state index is 0.0138. The quantitative estimate of drug-likeness (QED) is 0.115. The van der Waals surface area contributed by atoms with Gasteiger partial charge in [-0.05, 0) is 109 Å². The highest BCUT2D eigenvalue weighted by Crippen LogP contribution is 2.42. The molecule has 5 heterocycles. The number of rotatable bonds is 12. The van der Waals surface area contributed by atoms with Gasteiger partial charge in [0.15, 0.2) is 0 Å². The summed E-state index contributed by atoms with van der Waals surface area (Å²) < 4.78 is 14.0. The second-order valence-corrected chi connectivity index (χ2v) is 20.1. The number of methoxy groups -OCH3 is 1. The fraction of sp³-hybridized carbons (Fsp3) is 0.529. The van der Waals surface area contributed by atoms with Crippen LogP contribution < -0.4 is 16.1 Å². The number of hydrazine groups is 1. The number of nitrogens with one attached hydrogen (secondary N) is 3. The lowest BCUT2D eigenvalue weighted by Gasteiger charge is -2.37. The summed E-state index contributed by atoms with van der Waals surface area (Å²) >= 11 is 0. The molecule has 0 spiro atoms. The van der Waals surface area contributed by atoms with E-state index < -0.39 is 47.2 Å². The van der Waals surface area contributed by atoms with Crippen LogP contribution in [0.3, 0.4) is 0 Å². The third-order valence-corrected chi connectivity index (χ3v) is 13.8. The summed E-state index contributed by atoms with van der Waals surface area (Å²) in [6.45, 7) is 11.1. The maximum Gasteiger partial charge on any atom is 0.324 e. The molecule has 6 bridgehead atoms. The first-order valence-electron chi connectivity index (χ1n) is 23.7. The molecule has 0 unspecified atom stereocenters. The van der Waals surface area contributed by atoms with Gasteiger partial charge in [0.2, 0.25) is 17.7 Å². The van der Waals surface area contributed by atoms with Gasteiger partial charge in [0.25, 0.3) is 5.91 Å². The van der Waals surface area contributed by atoms with Crippen molar-refractivity contribution < 1.29 is 38.6 Å². The van der Waals surface area contributed by atoms with E-state index in [1.807, 2.05) is 38.2 Å². The maximum absolute atomic E-state index is 14.7. The number of hydrogen-bond donors (Lipinski definition) is 4. The minimum atomic E-state index is -1.17. The smallest absolute Gasteiger partial charge is 0.324 e. The number of phenols is 1. The predicted octanol–water partition coefficient (Wildman–Crippen LogP) is 4.58. The summed E-state index contributed by atoms with van der Waals surface area (Å²) in [4.78, 5) is 77.4. The number of ether oxygens (including phenoxy) is 2. The molecule has 4 N–H and O–H groups in total. The van der Waals surface area contributed by atoms with Crippen molar-refractivity contribution in [1.29, 1.82) is 0 Å². The van der Waals surface area contributed by atoms with Crippen LogP contribution in [0.4, 0.5) is 0 Å². The first kappa shape index (κ1) is 47.6. The number of benzene rings is 2. The lowest BCUT2D eigenvalue weighted by molar-refractivity contribution is -0.155. The molecule has 4 aliphatic rings. The standard InChI is InChI=1S/C51H66N8O8/c1-9-58-41-15-14-32-23-36(41)37(46(58)38-25-52-17-16-33(38)27-66-8)24-51(4,5)28-67-50(65)39-11-10-18-59(55-39)48(63)40(21-30-19-34(32)22-35(60)20-30)53-47(62)45(29(2)3)57(7)42(61)26-56(6)49(64)44-43(54-44)31-12-13-31/h14-17,19-20,22-23,25,29,31,39-40,43-45,54-55,60H,9-13,18,21,24,26-28H2,1-8H3,(H,53,62)/t39-,40-,43+,44+,45-/m0/s1. The van der Waals surface area contributed by atoms with Gasteiger partial charge in [-0.3, -0.25) is 39.3 Å². The van der Waals surface area contributed by atoms with Crippen molar-refractivity contribution in [2.24, 2.45) is 17.3 Å². The molecule has 3 aliphatic heterocycles. The van der Waals surface area contributed by atoms with E-state index in [9.17, 15) is 29.1 Å². The highest BCUT2D eigenvalue weighted by atomic mass is 16.5. The van der Waals surface area contributed by atoms with E-state index in [1.54, 1.807) is 39.5 Å². The first-order valence-corrected chi connectivity index (χ1v) is 23.7. The van der Waals surface area contributed by atoms with Gasteiger partial charge >= 0.3 is 5.97 Å². The van der Waals surface area contributed by atoms with E-state index in [1.165, 1.54) is 14.8 Å². The number of amides is 4. The highest BCUT2D eigenvalue weighted by Gasteiger charge is 2.52. The molecule has 67 heavy (non-hydrogen) atoms. The summed E-state index contributed by atoms with van der Waals surface area (Å²) in [6, 6.07) is 10.3. The van der Waals surface area contributed by atoms with Crippen molar-refractivity contribution in [3.05, 3.63) is 71.5 Å². The monoisotopic (exact) mass is 919 g/mol. The number of aromatic hydroxyl groups is 1. The average molecular weight is 919 g/mol. The molecule has 16 nitrogen and oxygen atoms in total. The second kappa shape index (κ2) is 19.4. The van der Waals surface area contributed by atoms with Gasteiger partial charge in [0, 0.05) is 81.0 Å². The number of carbonyl (C=O) groups excluding carboxylic acids is 5. The number of phenolic OH excluding ortho intramolecular Hbond substituents is 1. The Morgan fingerprint density at radius 2 is 1.84 bits per heavy atom. The van der Waals surface area contributed by atoms with Crippen LogP contribution in [-0.4, -0.2) is 130 Å². The van der Waals surface area contributed by atoms with Crippen molar-refractivity contribution in [2.45, 2.75) is 117 Å². The van der Waals surface area contributed by atoms with Crippen molar-refractivity contribution >= 4 is 40.5 Å². The Balaban J connectivity index is 1.15. The van der Waals surface area contributed by atoms with Crippen molar-refractivity contribution in [2.75, 3.05) is 40.9 Å². The van der Waals surface area contributed by atoms with Crippen LogP contribution in [0.2, 0.25) is 0 Å². The van der Waals surface area contributed by atoms with Crippen LogP contribution in [-0.2, 0) is 59.4 Å². The van der Waals surface area contributed by atoms with E-state index in [2.05, 4.69) is 58.5 Å². The van der Waals surface area contributed by atoms with Crippen molar-refractivity contribution in [3.63, 3.8) is 0 Å². The van der Waals surface area contributed by atoms with Crippen molar-refractivity contribution in [3.8, 4) is 28.1 Å². The number of carbonyl (C=O) groups is 5. The largest absolute Gasteiger partial charge is 0.508 e. The number of pyridine rings is 1. The number of aromatic nitrogens is 2. The molecule has 16 heteroatoms. The Morgan fingerprint density at radius 3 is 2.55 bits per heavy atom. The maximum atomic E-state index is 14.7. The van der Waals surface area contributed by atoms with Crippen LogP contribution in [0.1, 0.15) is 77.0 Å². The second-order valence-electron chi connectivity index (χ2n) is 20.1. The van der Waals surface area contributed by atoms with Gasteiger partial charge in [0.05, 0.1) is 25.5 Å². The molecule has 2 aromatic heterocycles. The number of fused-ring (bicyclic) bond motifs is 6. The Hall–Kier alpha value is -5.84. The predicted molar refractivity (Wildman–Crippen MR) is 253 cm³/mol. The zero-order valence-electron chi connectivity index (χ0n) is 40.1. The highest BCUT2D eigenvalue weighted by molar-refractivity contribution is 5.96. The van der Waals surface area contributed by atoms with Crippen LogP contribution in [0, 0.1) is 17.3 Å². The average Bonchev–Trinajstić information content (AvgIpc) is 4.24. The fourth-order valence-electron chi connectivity index (χ4n) is 10.1. The molecular weight excluding hydrogens is 853 g/mol. The van der Waals surface area contributed by atoms with Gasteiger partial charge < -0.3 is 34.3 Å². The lowest BCUT2D eigenvalue weighted by Crippen LogP contribution is -2.62. The summed E-state index contributed by atoms with van der Waals surface area (Å²) in [7, 11) is 4.81. The molecule has 3 fully saturated rings. The number of cyclic esters (lactones) is 1. The van der Waals surface area contributed by atoms with Gasteiger partial charge in [-0.1, -0.05) is 39.8 Å². The molecular formula is C51H66N8O8. The molecule has 1 saturated carbocycles. The third-order valence-electron chi connectivity index (χ3n) is 13.8. The normalized spacial score (nSPS) is 22.2. The lowest BCUT2D eigenvalue weighted by atomic mass is 9.84. The zero-order valence-corrected chi connectivity index (χ0v) is 40.1.